The number of rotatable bonds is 6. The van der Waals surface area contributed by atoms with Crippen LogP contribution in [0.2, 0.25) is 0 Å². The van der Waals surface area contributed by atoms with Crippen molar-refractivity contribution in [2.45, 2.75) is 43.9 Å². The van der Waals surface area contributed by atoms with Crippen LogP contribution >= 0.6 is 0 Å². The number of hydrogen-bond donors (Lipinski definition) is 4. The van der Waals surface area contributed by atoms with Crippen molar-refractivity contribution in [3.63, 3.8) is 0 Å². The lowest BCUT2D eigenvalue weighted by molar-refractivity contribution is -0.0511. The number of aliphatic hydroxyl groups is 3. The van der Waals surface area contributed by atoms with E-state index in [4.69, 9.17) is 4.74 Å². The second-order valence-electron chi connectivity index (χ2n) is 6.79. The molecule has 9 nitrogen and oxygen atoms in total. The van der Waals surface area contributed by atoms with Crippen LogP contribution in [0.25, 0.3) is 11.2 Å². The van der Waals surface area contributed by atoms with Gasteiger partial charge in [0.15, 0.2) is 23.2 Å². The molecule has 1 saturated heterocycles. The summed E-state index contributed by atoms with van der Waals surface area (Å²) in [5.74, 6) is 0.575. The molecule has 148 valence electrons. The summed E-state index contributed by atoms with van der Waals surface area (Å²) in [6.07, 6.45) is -0.375. The van der Waals surface area contributed by atoms with Gasteiger partial charge < -0.3 is 25.4 Å². The van der Waals surface area contributed by atoms with Crippen molar-refractivity contribution >= 4 is 17.0 Å². The van der Waals surface area contributed by atoms with Crippen LogP contribution < -0.4 is 5.32 Å². The number of nitrogens with zero attached hydrogens (tertiary/aromatic N) is 4. The zero-order chi connectivity index (χ0) is 19.7. The molecule has 0 saturated carbocycles. The standard InChI is InChI=1S/C19H23N5O4/c1-2-12(11-6-4-3-5-7-11)23-17-14-18(21-9-20-17)24(10-22-14)19-16(27)15(26)13(8-25)28-19/h3-7,9-10,12-13,15-16,19,25-27H,2,8H2,1H3,(H,20,21,23)/t12-,13+,15?,16-,19+/m0/s1. The van der Waals surface area contributed by atoms with Crippen LogP contribution in [0.5, 0.6) is 0 Å². The maximum atomic E-state index is 10.3. The molecule has 0 bridgehead atoms. The van der Waals surface area contributed by atoms with Gasteiger partial charge in [-0.3, -0.25) is 4.57 Å². The molecule has 1 aromatic carbocycles. The second-order valence-corrected chi connectivity index (χ2v) is 6.79. The molecular formula is C19H23N5O4. The summed E-state index contributed by atoms with van der Waals surface area (Å²) in [7, 11) is 0. The van der Waals surface area contributed by atoms with E-state index in [9.17, 15) is 15.3 Å². The first-order valence-corrected chi connectivity index (χ1v) is 9.25. The lowest BCUT2D eigenvalue weighted by atomic mass is 10.0. The number of aromatic nitrogens is 4. The van der Waals surface area contributed by atoms with Gasteiger partial charge in [-0.05, 0) is 12.0 Å². The van der Waals surface area contributed by atoms with Gasteiger partial charge in [0.05, 0.1) is 19.0 Å². The number of anilines is 1. The van der Waals surface area contributed by atoms with Crippen LogP contribution in [0.3, 0.4) is 0 Å². The van der Waals surface area contributed by atoms with Crippen LogP contribution in [-0.2, 0) is 4.74 Å². The van der Waals surface area contributed by atoms with E-state index in [1.807, 2.05) is 18.2 Å². The fourth-order valence-corrected chi connectivity index (χ4v) is 3.53. The van der Waals surface area contributed by atoms with Crippen molar-refractivity contribution in [2.24, 2.45) is 0 Å². The van der Waals surface area contributed by atoms with Gasteiger partial charge in [0.1, 0.15) is 24.6 Å². The highest BCUT2D eigenvalue weighted by molar-refractivity contribution is 5.83. The van der Waals surface area contributed by atoms with E-state index in [0.717, 1.165) is 12.0 Å². The quantitative estimate of drug-likeness (QED) is 0.495. The van der Waals surface area contributed by atoms with Gasteiger partial charge in [0.25, 0.3) is 0 Å². The Kier molecular flexibility index (Phi) is 5.23. The van der Waals surface area contributed by atoms with Gasteiger partial charge in [-0.1, -0.05) is 37.3 Å². The Hall–Kier alpha value is -2.59. The van der Waals surface area contributed by atoms with E-state index < -0.39 is 31.1 Å². The maximum Gasteiger partial charge on any atom is 0.167 e. The summed E-state index contributed by atoms with van der Waals surface area (Å²) < 4.78 is 7.14. The molecule has 0 radical (unpaired) electrons. The average molecular weight is 385 g/mol. The first-order chi connectivity index (χ1) is 13.6. The van der Waals surface area contributed by atoms with E-state index in [0.29, 0.717) is 17.0 Å². The monoisotopic (exact) mass is 385 g/mol. The first-order valence-electron chi connectivity index (χ1n) is 9.25. The third-order valence-corrected chi connectivity index (χ3v) is 5.07. The first kappa shape index (κ1) is 18.8. The summed E-state index contributed by atoms with van der Waals surface area (Å²) in [6.45, 7) is 1.69. The fraction of sp³-hybridized carbons (Fsp3) is 0.421. The van der Waals surface area contributed by atoms with Gasteiger partial charge in [0.2, 0.25) is 0 Å². The Balaban J connectivity index is 1.66. The molecule has 5 atom stereocenters. The zero-order valence-electron chi connectivity index (χ0n) is 15.4. The van der Waals surface area contributed by atoms with Crippen LogP contribution in [0.15, 0.2) is 43.0 Å². The molecular weight excluding hydrogens is 362 g/mol. The molecule has 0 spiro atoms. The average Bonchev–Trinajstić information content (AvgIpc) is 3.28. The third-order valence-electron chi connectivity index (χ3n) is 5.07. The van der Waals surface area contributed by atoms with Gasteiger partial charge >= 0.3 is 0 Å². The molecule has 4 N–H and O–H groups in total. The number of ether oxygens (including phenoxy) is 1. The van der Waals surface area contributed by atoms with Crippen LogP contribution in [-0.4, -0.2) is 59.8 Å². The van der Waals surface area contributed by atoms with Crippen molar-refractivity contribution in [1.82, 2.24) is 19.5 Å². The molecule has 1 aliphatic heterocycles. The van der Waals surface area contributed by atoms with Crippen molar-refractivity contribution in [3.05, 3.63) is 48.5 Å². The second kappa shape index (κ2) is 7.80. The Morgan fingerprint density at radius 1 is 1.14 bits per heavy atom. The van der Waals surface area contributed by atoms with E-state index >= 15 is 0 Å². The van der Waals surface area contributed by atoms with Crippen LogP contribution in [0, 0.1) is 0 Å². The van der Waals surface area contributed by atoms with Gasteiger partial charge in [-0.25, -0.2) is 15.0 Å². The predicted octanol–water partition coefficient (Wildman–Crippen LogP) is 1.00. The Morgan fingerprint density at radius 3 is 2.61 bits per heavy atom. The fourth-order valence-electron chi connectivity index (χ4n) is 3.53. The summed E-state index contributed by atoms with van der Waals surface area (Å²) in [5.41, 5.74) is 2.14. The van der Waals surface area contributed by atoms with Gasteiger partial charge in [-0.2, -0.15) is 0 Å². The number of hydrogen-bond acceptors (Lipinski definition) is 8. The smallest absolute Gasteiger partial charge is 0.167 e. The number of imidazole rings is 1. The molecule has 2 aromatic heterocycles. The topological polar surface area (TPSA) is 126 Å². The van der Waals surface area contributed by atoms with E-state index in [-0.39, 0.29) is 6.04 Å². The number of aliphatic hydroxyl groups excluding tert-OH is 3. The third kappa shape index (κ3) is 3.22. The molecule has 1 unspecified atom stereocenters. The van der Waals surface area contributed by atoms with E-state index in [1.165, 1.54) is 12.7 Å². The molecule has 1 fully saturated rings. The molecule has 3 aromatic rings. The number of benzene rings is 1. The molecule has 1 aliphatic rings. The lowest BCUT2D eigenvalue weighted by Gasteiger charge is -2.19. The van der Waals surface area contributed by atoms with E-state index in [2.05, 4.69) is 39.3 Å². The highest BCUT2D eigenvalue weighted by atomic mass is 16.6. The minimum atomic E-state index is -1.20. The summed E-state index contributed by atoms with van der Waals surface area (Å²) in [4.78, 5) is 13.0. The molecule has 4 rings (SSSR count). The molecule has 9 heteroatoms. The zero-order valence-corrected chi connectivity index (χ0v) is 15.4. The van der Waals surface area contributed by atoms with Gasteiger partial charge in [0, 0.05) is 0 Å². The summed E-state index contributed by atoms with van der Waals surface area (Å²) >= 11 is 0. The predicted molar refractivity (Wildman–Crippen MR) is 101 cm³/mol. The lowest BCUT2D eigenvalue weighted by Crippen LogP contribution is -2.33. The minimum Gasteiger partial charge on any atom is -0.394 e. The number of nitrogens with one attached hydrogen (secondary N) is 1. The summed E-state index contributed by atoms with van der Waals surface area (Å²) in [6, 6.07) is 10.1. The van der Waals surface area contributed by atoms with E-state index in [1.54, 1.807) is 4.57 Å². The van der Waals surface area contributed by atoms with Crippen molar-refractivity contribution in [1.29, 1.82) is 0 Å². The number of fused-ring (bicyclic) bond motifs is 1. The van der Waals surface area contributed by atoms with Gasteiger partial charge in [-0.15, -0.1) is 0 Å². The largest absolute Gasteiger partial charge is 0.394 e. The molecule has 0 aliphatic carbocycles. The maximum absolute atomic E-state index is 10.3. The molecule has 0 amide bonds. The highest BCUT2D eigenvalue weighted by Crippen LogP contribution is 2.32. The molecule has 28 heavy (non-hydrogen) atoms. The normalized spacial score (nSPS) is 25.9. The Morgan fingerprint density at radius 2 is 1.93 bits per heavy atom. The van der Waals surface area contributed by atoms with Crippen molar-refractivity contribution in [2.75, 3.05) is 11.9 Å². The van der Waals surface area contributed by atoms with Crippen molar-refractivity contribution in [3.8, 4) is 0 Å². The summed E-state index contributed by atoms with van der Waals surface area (Å²) in [5, 5.41) is 33.0. The Bertz CT molecular complexity index is 934. The van der Waals surface area contributed by atoms with Crippen LogP contribution in [0.4, 0.5) is 5.82 Å². The SMILES string of the molecule is CC[C@H](Nc1ncnc2c1ncn2[C@@H]1O[C@H](CO)C(O)[C@@H]1O)c1ccccc1. The molecule has 3 heterocycles. The Labute approximate surface area is 161 Å². The van der Waals surface area contributed by atoms with Crippen LogP contribution in [0.1, 0.15) is 31.2 Å². The minimum absolute atomic E-state index is 0.0540. The van der Waals surface area contributed by atoms with Crippen molar-refractivity contribution < 1.29 is 20.1 Å². The highest BCUT2D eigenvalue weighted by Gasteiger charge is 2.44.